The number of carbonyl (C=O) groups is 2. The van der Waals surface area contributed by atoms with Crippen molar-refractivity contribution in [3.63, 3.8) is 0 Å². The van der Waals surface area contributed by atoms with Gasteiger partial charge in [0.25, 0.3) is 0 Å². The third-order valence-corrected chi connectivity index (χ3v) is 2.78. The molecule has 0 fully saturated rings. The number of carbonyl (C=O) groups excluding carboxylic acids is 2. The number of carboxylic acids is 2. The van der Waals surface area contributed by atoms with E-state index in [0.717, 1.165) is 23.6 Å². The first-order chi connectivity index (χ1) is 8.51. The molecule has 0 aliphatic rings. The molecule has 0 aliphatic heterocycles. The summed E-state index contributed by atoms with van der Waals surface area (Å²) in [5.74, 6) is -3.47. The van der Waals surface area contributed by atoms with Crippen molar-refractivity contribution in [1.29, 1.82) is 0 Å². The topological polar surface area (TPSA) is 80.3 Å². The smallest absolute Gasteiger partial charge is 0.0733 e. The van der Waals surface area contributed by atoms with Crippen LogP contribution in [0.15, 0.2) is 23.8 Å². The Hall–Kier alpha value is -2.10. The number of aliphatic carboxylic acids is 2. The highest BCUT2D eigenvalue weighted by atomic mass is 16.4. The van der Waals surface area contributed by atoms with Crippen LogP contribution in [-0.2, 0) is 22.4 Å². The molecular formula is C14H14O4-2. The molecule has 0 aliphatic carbocycles. The van der Waals surface area contributed by atoms with Crippen LogP contribution in [0.25, 0.3) is 6.08 Å². The summed E-state index contributed by atoms with van der Waals surface area (Å²) in [7, 11) is 0. The molecule has 0 spiro atoms. The fourth-order valence-electron chi connectivity index (χ4n) is 1.91. The van der Waals surface area contributed by atoms with Gasteiger partial charge in [-0.05, 0) is 35.6 Å². The molecule has 1 rings (SSSR count). The lowest BCUT2D eigenvalue weighted by Gasteiger charge is -2.13. The van der Waals surface area contributed by atoms with Crippen molar-refractivity contribution in [3.8, 4) is 0 Å². The zero-order valence-corrected chi connectivity index (χ0v) is 10.4. The molecule has 0 radical (unpaired) electrons. The van der Waals surface area contributed by atoms with Gasteiger partial charge in [-0.3, -0.25) is 0 Å². The second-order valence-electron chi connectivity index (χ2n) is 3.82. The molecule has 4 heteroatoms. The van der Waals surface area contributed by atoms with Gasteiger partial charge < -0.3 is 19.8 Å². The van der Waals surface area contributed by atoms with Crippen LogP contribution in [0.2, 0.25) is 0 Å². The molecule has 1 aromatic carbocycles. The molecule has 0 amide bonds. The molecule has 18 heavy (non-hydrogen) atoms. The van der Waals surface area contributed by atoms with E-state index in [1.165, 1.54) is 0 Å². The largest absolute Gasteiger partial charge is 0.545 e. The SMILES string of the molecule is CCc1cccc(C=C(C(=O)[O-])C(=O)[O-])c1CC. The second-order valence-corrected chi connectivity index (χ2v) is 3.82. The Morgan fingerprint density at radius 3 is 2.17 bits per heavy atom. The van der Waals surface area contributed by atoms with Crippen LogP contribution >= 0.6 is 0 Å². The number of aryl methyl sites for hydroxylation is 1. The second kappa shape index (κ2) is 6.00. The van der Waals surface area contributed by atoms with E-state index in [2.05, 4.69) is 0 Å². The van der Waals surface area contributed by atoms with E-state index in [1.807, 2.05) is 19.9 Å². The van der Waals surface area contributed by atoms with Gasteiger partial charge >= 0.3 is 0 Å². The van der Waals surface area contributed by atoms with Gasteiger partial charge in [0.2, 0.25) is 0 Å². The first kappa shape index (κ1) is 14.0. The minimum Gasteiger partial charge on any atom is -0.545 e. The summed E-state index contributed by atoms with van der Waals surface area (Å²) in [6.07, 6.45) is 2.60. The predicted octanol–water partition coefficient (Wildman–Crippen LogP) is -0.305. The van der Waals surface area contributed by atoms with Crippen LogP contribution in [0.5, 0.6) is 0 Å². The highest BCUT2D eigenvalue weighted by molar-refractivity contribution is 6.14. The number of benzene rings is 1. The number of carboxylic acid groups (broad SMARTS) is 2. The molecule has 0 atom stereocenters. The summed E-state index contributed by atoms with van der Waals surface area (Å²) in [5, 5.41) is 21.4. The van der Waals surface area contributed by atoms with E-state index in [9.17, 15) is 19.8 Å². The molecular weight excluding hydrogens is 232 g/mol. The Morgan fingerprint density at radius 2 is 1.72 bits per heavy atom. The Morgan fingerprint density at radius 1 is 1.11 bits per heavy atom. The maximum Gasteiger partial charge on any atom is 0.0733 e. The minimum atomic E-state index is -1.74. The zero-order valence-electron chi connectivity index (χ0n) is 10.4. The lowest BCUT2D eigenvalue weighted by atomic mass is 9.96. The third kappa shape index (κ3) is 2.97. The molecule has 0 unspecified atom stereocenters. The van der Waals surface area contributed by atoms with E-state index in [4.69, 9.17) is 0 Å². The standard InChI is InChI=1S/C14H16O4/c1-3-9-6-5-7-10(11(9)4-2)8-12(13(15)16)14(17)18/h5-8H,3-4H2,1-2H3,(H,15,16)(H,17,18)/p-2. The average Bonchev–Trinajstić information content (AvgIpc) is 2.34. The average molecular weight is 246 g/mol. The number of hydrogen-bond acceptors (Lipinski definition) is 4. The van der Waals surface area contributed by atoms with E-state index in [1.54, 1.807) is 12.1 Å². The van der Waals surface area contributed by atoms with Crippen LogP contribution in [0.1, 0.15) is 30.5 Å². The highest BCUT2D eigenvalue weighted by Crippen LogP contribution is 2.19. The van der Waals surface area contributed by atoms with E-state index in [-0.39, 0.29) is 0 Å². The molecule has 1 aromatic rings. The Bertz CT molecular complexity index is 485. The number of hydrogen-bond donors (Lipinski definition) is 0. The summed E-state index contributed by atoms with van der Waals surface area (Å²) >= 11 is 0. The fourth-order valence-corrected chi connectivity index (χ4v) is 1.91. The van der Waals surface area contributed by atoms with Crippen molar-refractivity contribution < 1.29 is 19.8 Å². The van der Waals surface area contributed by atoms with Crippen LogP contribution in [-0.4, -0.2) is 11.9 Å². The van der Waals surface area contributed by atoms with Crippen molar-refractivity contribution in [3.05, 3.63) is 40.5 Å². The zero-order chi connectivity index (χ0) is 13.7. The number of rotatable bonds is 5. The molecule has 96 valence electrons. The summed E-state index contributed by atoms with van der Waals surface area (Å²) in [5.41, 5.74) is 1.76. The van der Waals surface area contributed by atoms with Crippen molar-refractivity contribution in [2.24, 2.45) is 0 Å². The Labute approximate surface area is 106 Å². The van der Waals surface area contributed by atoms with E-state index in [0.29, 0.717) is 12.0 Å². The Kier molecular flexibility index (Phi) is 4.66. The first-order valence-corrected chi connectivity index (χ1v) is 5.76. The van der Waals surface area contributed by atoms with Crippen LogP contribution in [0, 0.1) is 0 Å². The fraction of sp³-hybridized carbons (Fsp3) is 0.286. The highest BCUT2D eigenvalue weighted by Gasteiger charge is 2.06. The van der Waals surface area contributed by atoms with Gasteiger partial charge in [0.05, 0.1) is 11.9 Å². The van der Waals surface area contributed by atoms with Crippen molar-refractivity contribution in [1.82, 2.24) is 0 Å². The van der Waals surface area contributed by atoms with Crippen LogP contribution in [0.4, 0.5) is 0 Å². The van der Waals surface area contributed by atoms with Crippen molar-refractivity contribution in [2.75, 3.05) is 0 Å². The minimum absolute atomic E-state index is 0.584. The maximum atomic E-state index is 10.7. The van der Waals surface area contributed by atoms with Gasteiger partial charge in [-0.1, -0.05) is 32.0 Å². The summed E-state index contributed by atoms with van der Waals surface area (Å²) < 4.78 is 0. The molecule has 0 bridgehead atoms. The quantitative estimate of drug-likeness (QED) is 0.405. The van der Waals surface area contributed by atoms with Crippen molar-refractivity contribution in [2.45, 2.75) is 26.7 Å². The summed E-state index contributed by atoms with van der Waals surface area (Å²) in [6.45, 7) is 3.92. The molecule has 0 saturated carbocycles. The van der Waals surface area contributed by atoms with Gasteiger partial charge in [-0.15, -0.1) is 0 Å². The lowest BCUT2D eigenvalue weighted by molar-refractivity contribution is -0.311. The molecule has 0 aromatic heterocycles. The van der Waals surface area contributed by atoms with Crippen LogP contribution < -0.4 is 10.2 Å². The van der Waals surface area contributed by atoms with Gasteiger partial charge in [-0.25, -0.2) is 0 Å². The van der Waals surface area contributed by atoms with Crippen LogP contribution in [0.3, 0.4) is 0 Å². The van der Waals surface area contributed by atoms with E-state index < -0.39 is 17.5 Å². The molecule has 0 N–H and O–H groups in total. The van der Waals surface area contributed by atoms with E-state index >= 15 is 0 Å². The van der Waals surface area contributed by atoms with Gasteiger partial charge in [0.1, 0.15) is 0 Å². The molecule has 0 saturated heterocycles. The third-order valence-electron chi connectivity index (χ3n) is 2.78. The lowest BCUT2D eigenvalue weighted by Crippen LogP contribution is -2.36. The monoisotopic (exact) mass is 246 g/mol. The normalized spacial score (nSPS) is 9.89. The predicted molar refractivity (Wildman–Crippen MR) is 63.2 cm³/mol. The van der Waals surface area contributed by atoms with Gasteiger partial charge in [0, 0.05) is 5.57 Å². The van der Waals surface area contributed by atoms with Gasteiger partial charge in [0.15, 0.2) is 0 Å². The Balaban J connectivity index is 3.37. The molecule has 4 nitrogen and oxygen atoms in total. The molecule has 0 heterocycles. The summed E-state index contributed by atoms with van der Waals surface area (Å²) in [4.78, 5) is 21.4. The summed E-state index contributed by atoms with van der Waals surface area (Å²) in [6, 6.07) is 5.39. The van der Waals surface area contributed by atoms with Gasteiger partial charge in [-0.2, -0.15) is 0 Å². The first-order valence-electron chi connectivity index (χ1n) is 5.76. The maximum absolute atomic E-state index is 10.7. The van der Waals surface area contributed by atoms with Crippen molar-refractivity contribution >= 4 is 18.0 Å².